The van der Waals surface area contributed by atoms with Crippen molar-refractivity contribution < 1.29 is 9.66 Å². The Morgan fingerprint density at radius 3 is 2.73 bits per heavy atom. The lowest BCUT2D eigenvalue weighted by Gasteiger charge is -2.09. The van der Waals surface area contributed by atoms with Crippen LogP contribution in [0.3, 0.4) is 0 Å². The Morgan fingerprint density at radius 2 is 2.18 bits per heavy atom. The highest BCUT2D eigenvalue weighted by atomic mass is 127. The summed E-state index contributed by atoms with van der Waals surface area (Å²) in [7, 11) is 1.51. The van der Waals surface area contributed by atoms with E-state index in [9.17, 15) is 10.1 Å². The number of nitrogens with two attached hydrogens (primary N) is 1. The van der Waals surface area contributed by atoms with Crippen LogP contribution in [-0.2, 0) is 6.54 Å². The van der Waals surface area contributed by atoms with E-state index in [1.807, 2.05) is 0 Å². The summed E-state index contributed by atoms with van der Waals surface area (Å²) in [6.45, 7) is 5.23. The maximum absolute atomic E-state index is 10.8. The second-order valence-corrected chi connectivity index (χ2v) is 5.06. The molecule has 22 heavy (non-hydrogen) atoms. The van der Waals surface area contributed by atoms with Crippen LogP contribution in [0, 0.1) is 16.0 Å². The fourth-order valence-corrected chi connectivity index (χ4v) is 1.72. The molecule has 0 heterocycles. The number of nitro benzene ring substituents is 1. The Kier molecular flexibility index (Phi) is 9.46. The fourth-order valence-electron chi connectivity index (χ4n) is 1.72. The lowest BCUT2D eigenvalue weighted by atomic mass is 10.1. The monoisotopic (exact) mass is 422 g/mol. The number of benzene rings is 1. The fraction of sp³-hybridized carbons (Fsp3) is 0.500. The molecule has 0 saturated carbocycles. The van der Waals surface area contributed by atoms with E-state index in [1.54, 1.807) is 6.07 Å². The Hall–Kier alpha value is -1.58. The standard InChI is InChI=1S/C14H22N4O3.HI/c1-10(2)6-7-16-14(15)17-9-11-8-12(18(19)20)4-5-13(11)21-3;/h4-5,8,10H,6-7,9H2,1-3H3,(H3,15,16,17);1H. The van der Waals surface area contributed by atoms with Gasteiger partial charge in [0.05, 0.1) is 18.6 Å². The number of non-ortho nitro benzene ring substituents is 1. The van der Waals surface area contributed by atoms with Crippen molar-refractivity contribution in [3.05, 3.63) is 33.9 Å². The molecule has 0 saturated heterocycles. The summed E-state index contributed by atoms with van der Waals surface area (Å²) in [5, 5.41) is 13.8. The van der Waals surface area contributed by atoms with Gasteiger partial charge in [-0.05, 0) is 18.4 Å². The van der Waals surface area contributed by atoms with E-state index in [0.29, 0.717) is 23.2 Å². The van der Waals surface area contributed by atoms with Gasteiger partial charge in [0, 0.05) is 24.2 Å². The Morgan fingerprint density at radius 1 is 1.50 bits per heavy atom. The highest BCUT2D eigenvalue weighted by Gasteiger charge is 2.11. The van der Waals surface area contributed by atoms with E-state index in [0.717, 1.165) is 13.0 Å². The van der Waals surface area contributed by atoms with Crippen LogP contribution in [0.2, 0.25) is 0 Å². The summed E-state index contributed by atoms with van der Waals surface area (Å²) in [5.41, 5.74) is 6.39. The normalized spacial score (nSPS) is 11.0. The van der Waals surface area contributed by atoms with Gasteiger partial charge in [0.15, 0.2) is 5.96 Å². The molecule has 0 aromatic heterocycles. The summed E-state index contributed by atoms with van der Waals surface area (Å²) in [6.07, 6.45) is 0.996. The Bertz CT molecular complexity index is 521. The number of ether oxygens (including phenoxy) is 1. The molecule has 0 amide bonds. The first-order valence-electron chi connectivity index (χ1n) is 6.79. The molecular weight excluding hydrogens is 399 g/mol. The Labute approximate surface area is 147 Å². The van der Waals surface area contributed by atoms with Crippen LogP contribution in [0.25, 0.3) is 0 Å². The number of methoxy groups -OCH3 is 1. The van der Waals surface area contributed by atoms with Crippen LogP contribution in [0.5, 0.6) is 5.75 Å². The number of guanidine groups is 1. The minimum Gasteiger partial charge on any atom is -0.496 e. The predicted octanol–water partition coefficient (Wildman–Crippen LogP) is 2.67. The van der Waals surface area contributed by atoms with E-state index in [1.165, 1.54) is 19.2 Å². The molecule has 3 N–H and O–H groups in total. The van der Waals surface area contributed by atoms with Gasteiger partial charge in [-0.3, -0.25) is 10.1 Å². The van der Waals surface area contributed by atoms with Crippen molar-refractivity contribution >= 4 is 35.6 Å². The molecule has 1 aromatic carbocycles. The quantitative estimate of drug-likeness (QED) is 0.231. The molecule has 1 aromatic rings. The van der Waals surface area contributed by atoms with Crippen LogP contribution in [0.4, 0.5) is 5.69 Å². The molecule has 0 atom stereocenters. The van der Waals surface area contributed by atoms with Crippen LogP contribution in [-0.4, -0.2) is 24.5 Å². The van der Waals surface area contributed by atoms with Crippen molar-refractivity contribution in [2.24, 2.45) is 16.6 Å². The molecule has 0 aliphatic heterocycles. The first-order valence-corrected chi connectivity index (χ1v) is 6.79. The summed E-state index contributed by atoms with van der Waals surface area (Å²) in [5.74, 6) is 1.46. The summed E-state index contributed by atoms with van der Waals surface area (Å²) >= 11 is 0. The third kappa shape index (κ3) is 6.92. The average molecular weight is 422 g/mol. The number of nitro groups is 1. The number of nitrogens with one attached hydrogen (secondary N) is 1. The number of hydrogen-bond acceptors (Lipinski definition) is 4. The zero-order valence-corrected chi connectivity index (χ0v) is 15.4. The summed E-state index contributed by atoms with van der Waals surface area (Å²) < 4.78 is 5.17. The average Bonchev–Trinajstić information content (AvgIpc) is 2.44. The maximum atomic E-state index is 10.8. The third-order valence-electron chi connectivity index (χ3n) is 2.92. The highest BCUT2D eigenvalue weighted by Crippen LogP contribution is 2.24. The third-order valence-corrected chi connectivity index (χ3v) is 2.92. The van der Waals surface area contributed by atoms with Gasteiger partial charge < -0.3 is 15.8 Å². The van der Waals surface area contributed by atoms with Crippen LogP contribution in [0.15, 0.2) is 23.2 Å². The van der Waals surface area contributed by atoms with Gasteiger partial charge >= 0.3 is 0 Å². The van der Waals surface area contributed by atoms with Gasteiger partial charge in [-0.1, -0.05) is 13.8 Å². The van der Waals surface area contributed by atoms with Gasteiger partial charge in [0.2, 0.25) is 0 Å². The van der Waals surface area contributed by atoms with Crippen LogP contribution in [0.1, 0.15) is 25.8 Å². The van der Waals surface area contributed by atoms with Crippen molar-refractivity contribution in [1.29, 1.82) is 0 Å². The predicted molar refractivity (Wildman–Crippen MR) is 97.8 cm³/mol. The summed E-state index contributed by atoms with van der Waals surface area (Å²) in [4.78, 5) is 14.5. The molecule has 0 aliphatic carbocycles. The van der Waals surface area contributed by atoms with Crippen molar-refractivity contribution in [1.82, 2.24) is 5.32 Å². The zero-order valence-electron chi connectivity index (χ0n) is 13.0. The van der Waals surface area contributed by atoms with Crippen LogP contribution >= 0.6 is 24.0 Å². The summed E-state index contributed by atoms with van der Waals surface area (Å²) in [6, 6.07) is 4.41. The molecule has 0 spiro atoms. The van der Waals surface area contributed by atoms with Gasteiger partial charge in [-0.15, -0.1) is 24.0 Å². The number of hydrogen-bond donors (Lipinski definition) is 2. The molecule has 0 bridgehead atoms. The van der Waals surface area contributed by atoms with Gasteiger partial charge in [0.25, 0.3) is 5.69 Å². The second-order valence-electron chi connectivity index (χ2n) is 5.06. The zero-order chi connectivity index (χ0) is 15.8. The van der Waals surface area contributed by atoms with Crippen molar-refractivity contribution in [2.75, 3.05) is 13.7 Å². The molecule has 7 nitrogen and oxygen atoms in total. The van der Waals surface area contributed by atoms with Gasteiger partial charge in [0.1, 0.15) is 5.75 Å². The number of aliphatic imine (C=N–C) groups is 1. The molecule has 0 unspecified atom stereocenters. The minimum atomic E-state index is -0.448. The van der Waals surface area contributed by atoms with Crippen molar-refractivity contribution in [2.45, 2.75) is 26.8 Å². The highest BCUT2D eigenvalue weighted by molar-refractivity contribution is 14.0. The lowest BCUT2D eigenvalue weighted by molar-refractivity contribution is -0.384. The minimum absolute atomic E-state index is 0. The smallest absolute Gasteiger partial charge is 0.270 e. The van der Waals surface area contributed by atoms with E-state index in [4.69, 9.17) is 10.5 Å². The van der Waals surface area contributed by atoms with Crippen molar-refractivity contribution in [3.8, 4) is 5.75 Å². The molecule has 0 fully saturated rings. The molecule has 8 heteroatoms. The first kappa shape index (κ1) is 20.4. The van der Waals surface area contributed by atoms with Gasteiger partial charge in [-0.2, -0.15) is 0 Å². The molecule has 0 radical (unpaired) electrons. The number of rotatable bonds is 7. The lowest BCUT2D eigenvalue weighted by Crippen LogP contribution is -2.32. The SMILES string of the molecule is COc1ccc([N+](=O)[O-])cc1CN=C(N)NCCC(C)C.I. The maximum Gasteiger partial charge on any atom is 0.270 e. The number of halogens is 1. The molecule has 1 rings (SSSR count). The van der Waals surface area contributed by atoms with E-state index in [2.05, 4.69) is 24.2 Å². The largest absolute Gasteiger partial charge is 0.496 e. The van der Waals surface area contributed by atoms with E-state index in [-0.39, 0.29) is 36.2 Å². The van der Waals surface area contributed by atoms with E-state index >= 15 is 0 Å². The van der Waals surface area contributed by atoms with Crippen LogP contribution < -0.4 is 15.8 Å². The molecule has 0 aliphatic rings. The molecular formula is C14H23IN4O3. The topological polar surface area (TPSA) is 103 Å². The first-order chi connectivity index (χ1) is 9.93. The molecule has 124 valence electrons. The van der Waals surface area contributed by atoms with Gasteiger partial charge in [-0.25, -0.2) is 4.99 Å². The second kappa shape index (κ2) is 10.2. The van der Waals surface area contributed by atoms with Crippen molar-refractivity contribution in [3.63, 3.8) is 0 Å². The Balaban J connectivity index is 0.00000441. The van der Waals surface area contributed by atoms with E-state index < -0.39 is 4.92 Å². The number of nitrogens with zero attached hydrogens (tertiary/aromatic N) is 2.